The van der Waals surface area contributed by atoms with Crippen molar-refractivity contribution in [2.45, 2.75) is 120 Å². The molecular weight excluding hydrogens is 654 g/mol. The van der Waals surface area contributed by atoms with Crippen LogP contribution >= 0.6 is 0 Å². The van der Waals surface area contributed by atoms with E-state index in [1.54, 1.807) is 6.92 Å². The lowest BCUT2D eigenvalue weighted by molar-refractivity contribution is -0.349. The van der Waals surface area contributed by atoms with Crippen molar-refractivity contribution in [1.29, 1.82) is 0 Å². The van der Waals surface area contributed by atoms with E-state index in [1.807, 2.05) is 6.92 Å². The fourth-order valence-electron chi connectivity index (χ4n) is 8.51. The fraction of sp³-hybridized carbons (Fsp3) is 0.926. The molecule has 3 unspecified atom stereocenters. The van der Waals surface area contributed by atoms with Gasteiger partial charge in [0.2, 0.25) is 0 Å². The average Bonchev–Trinajstić information content (AvgIpc) is 3.23. The van der Waals surface area contributed by atoms with Gasteiger partial charge in [-0.3, -0.25) is 0 Å². The van der Waals surface area contributed by atoms with Crippen LogP contribution in [0.4, 0.5) is 61.5 Å². The third-order valence-corrected chi connectivity index (χ3v) is 11.1. The minimum absolute atomic E-state index is 0.0707. The highest BCUT2D eigenvalue weighted by molar-refractivity contribution is 5.80. The van der Waals surface area contributed by atoms with Crippen LogP contribution in [-0.4, -0.2) is 60.2 Å². The summed E-state index contributed by atoms with van der Waals surface area (Å²) in [5, 5.41) is 0. The third kappa shape index (κ3) is 5.35. The molecule has 4 rings (SSSR count). The van der Waals surface area contributed by atoms with Gasteiger partial charge in [0, 0.05) is 5.41 Å². The van der Waals surface area contributed by atoms with E-state index in [4.69, 9.17) is 0 Å². The summed E-state index contributed by atoms with van der Waals surface area (Å²) >= 11 is 0. The molecule has 260 valence electrons. The summed E-state index contributed by atoms with van der Waals surface area (Å²) in [5.74, 6) is -32.5. The van der Waals surface area contributed by atoms with Crippen LogP contribution in [0.3, 0.4) is 0 Å². The minimum Gasteiger partial charge on any atom is -0.458 e. The van der Waals surface area contributed by atoms with Crippen molar-refractivity contribution in [3.63, 3.8) is 0 Å². The Kier molecular flexibility index (Phi) is 8.55. The normalized spacial score (nSPS) is 36.4. The molecule has 18 heteroatoms. The maximum absolute atomic E-state index is 14.0. The molecule has 8 atom stereocenters. The van der Waals surface area contributed by atoms with E-state index in [2.05, 4.69) is 9.47 Å². The lowest BCUT2D eigenvalue weighted by atomic mass is 9.45. The molecule has 0 heterocycles. The molecule has 0 N–H and O–H groups in total. The van der Waals surface area contributed by atoms with Crippen LogP contribution < -0.4 is 0 Å². The smallest absolute Gasteiger partial charge is 0.458 e. The Hall–Kier alpha value is -2.04. The van der Waals surface area contributed by atoms with E-state index < -0.39 is 71.0 Å². The van der Waals surface area contributed by atoms with Gasteiger partial charge < -0.3 is 9.47 Å². The van der Waals surface area contributed by atoms with Crippen LogP contribution in [0.5, 0.6) is 0 Å². The average molecular weight is 685 g/mol. The van der Waals surface area contributed by atoms with Gasteiger partial charge in [0.05, 0.1) is 0 Å². The van der Waals surface area contributed by atoms with Crippen molar-refractivity contribution in [2.24, 2.45) is 34.5 Å². The number of ether oxygens (including phenoxy) is 2. The maximum atomic E-state index is 14.0. The number of rotatable bonds is 6. The van der Waals surface area contributed by atoms with Gasteiger partial charge in [0.1, 0.15) is 12.2 Å². The molecule has 0 spiro atoms. The molecule has 4 aliphatic rings. The number of esters is 2. The van der Waals surface area contributed by atoms with Gasteiger partial charge in [-0.2, -0.15) is 61.5 Å². The van der Waals surface area contributed by atoms with Crippen LogP contribution in [0.2, 0.25) is 0 Å². The first-order valence-corrected chi connectivity index (χ1v) is 14.2. The number of fused-ring (bicyclic) bond motifs is 5. The van der Waals surface area contributed by atoms with Gasteiger partial charge in [-0.25, -0.2) is 9.59 Å². The van der Waals surface area contributed by atoms with Crippen molar-refractivity contribution < 1.29 is 80.5 Å². The Morgan fingerprint density at radius 2 is 1.04 bits per heavy atom. The monoisotopic (exact) mass is 684 g/mol. The Labute approximate surface area is 247 Å². The third-order valence-electron chi connectivity index (χ3n) is 11.1. The molecule has 0 bridgehead atoms. The molecule has 45 heavy (non-hydrogen) atoms. The molecule has 0 aliphatic heterocycles. The van der Waals surface area contributed by atoms with Gasteiger partial charge >= 0.3 is 48.0 Å². The summed E-state index contributed by atoms with van der Waals surface area (Å²) in [5.41, 5.74) is -1.59. The predicted molar refractivity (Wildman–Crippen MR) is 123 cm³/mol. The summed E-state index contributed by atoms with van der Waals surface area (Å²) in [6.45, 7) is 3.45. The second-order valence-corrected chi connectivity index (χ2v) is 13.3. The van der Waals surface area contributed by atoms with Crippen molar-refractivity contribution in [2.75, 3.05) is 0 Å². The first-order valence-electron chi connectivity index (χ1n) is 14.2. The van der Waals surface area contributed by atoms with Crippen LogP contribution in [0, 0.1) is 34.5 Å². The van der Waals surface area contributed by atoms with E-state index in [-0.39, 0.29) is 62.2 Å². The number of hydrogen-bond donors (Lipinski definition) is 0. The molecule has 0 amide bonds. The molecule has 4 aliphatic carbocycles. The van der Waals surface area contributed by atoms with Gasteiger partial charge in [0.25, 0.3) is 0 Å². The Bertz CT molecular complexity index is 1170. The lowest BCUT2D eigenvalue weighted by Gasteiger charge is -2.60. The zero-order chi connectivity index (χ0) is 34.4. The lowest BCUT2D eigenvalue weighted by Crippen LogP contribution is -2.58. The molecule has 0 aromatic carbocycles. The summed E-state index contributed by atoms with van der Waals surface area (Å²) in [4.78, 5) is 23.8. The van der Waals surface area contributed by atoms with E-state index in [1.165, 1.54) is 0 Å². The number of hydrogen-bond acceptors (Lipinski definition) is 4. The van der Waals surface area contributed by atoms with E-state index in [0.29, 0.717) is 19.3 Å². The zero-order valence-corrected chi connectivity index (χ0v) is 23.8. The second kappa shape index (κ2) is 10.7. The van der Waals surface area contributed by atoms with Crippen LogP contribution in [-0.2, 0) is 19.1 Å². The van der Waals surface area contributed by atoms with E-state index in [9.17, 15) is 71.1 Å². The highest BCUT2D eigenvalue weighted by Gasteiger charge is 2.78. The molecule has 0 aromatic rings. The molecular formula is C27H30F14O4. The van der Waals surface area contributed by atoms with Gasteiger partial charge in [0.15, 0.2) is 0 Å². The zero-order valence-electron chi connectivity index (χ0n) is 23.8. The fourth-order valence-corrected chi connectivity index (χ4v) is 8.51. The van der Waals surface area contributed by atoms with Crippen molar-refractivity contribution in [3.05, 3.63) is 0 Å². The second-order valence-electron chi connectivity index (χ2n) is 13.3. The molecule has 4 nitrogen and oxygen atoms in total. The summed E-state index contributed by atoms with van der Waals surface area (Å²) in [6.07, 6.45) is -14.6. The number of halogens is 14. The Balaban J connectivity index is 1.44. The first-order chi connectivity index (χ1) is 20.2. The quantitative estimate of drug-likeness (QED) is 0.208. The highest BCUT2D eigenvalue weighted by Crippen LogP contribution is 2.67. The number of carbonyl (C=O) groups is 2. The standard InChI is InChI=1S/C27H30F14O4/c1-20-9-7-13(44-18(42)22(28,29)24(32,33)26(36,37)38)11-12(20)3-4-14-15-5-6-17(21(15,2)10-8-16(14)20)45-19(43)23(30,31)25(34,35)27(39,40)41/h12-17H,3-11H2,1-2H3/t12-,13+,14?,15?,16?,17+,20+,21+/m1/s1. The molecule has 4 fully saturated rings. The first kappa shape index (κ1) is 35.8. The van der Waals surface area contributed by atoms with Crippen LogP contribution in [0.1, 0.15) is 71.6 Å². The Morgan fingerprint density at radius 1 is 0.578 bits per heavy atom. The number of carbonyl (C=O) groups excluding carboxylic acids is 2. The molecule has 4 saturated carbocycles. The van der Waals surface area contributed by atoms with Crippen molar-refractivity contribution in [3.8, 4) is 0 Å². The number of alkyl halides is 14. The Morgan fingerprint density at radius 3 is 1.56 bits per heavy atom. The highest BCUT2D eigenvalue weighted by atomic mass is 19.4. The summed E-state index contributed by atoms with van der Waals surface area (Å²) in [7, 11) is 0. The predicted octanol–water partition coefficient (Wildman–Crippen LogP) is 8.52. The van der Waals surface area contributed by atoms with Crippen molar-refractivity contribution in [1.82, 2.24) is 0 Å². The SMILES string of the molecule is C[C@]12CCC3C(CC[C@@H]4C[C@@H](OC(=O)C(F)(F)C(F)(F)C(F)(F)F)CC[C@]34C)C1CC[C@@H]2OC(=O)C(F)(F)C(F)(F)C(F)(F)F. The molecule has 0 radical (unpaired) electrons. The van der Waals surface area contributed by atoms with E-state index >= 15 is 0 Å². The molecule has 0 aromatic heterocycles. The largest absolute Gasteiger partial charge is 0.460 e. The topological polar surface area (TPSA) is 52.6 Å². The van der Waals surface area contributed by atoms with Gasteiger partial charge in [-0.05, 0) is 86.9 Å². The van der Waals surface area contributed by atoms with Gasteiger partial charge in [-0.15, -0.1) is 0 Å². The molecule has 0 saturated heterocycles. The van der Waals surface area contributed by atoms with Crippen molar-refractivity contribution >= 4 is 11.9 Å². The van der Waals surface area contributed by atoms with Crippen LogP contribution in [0.15, 0.2) is 0 Å². The summed E-state index contributed by atoms with van der Waals surface area (Å²) < 4.78 is 193. The van der Waals surface area contributed by atoms with Gasteiger partial charge in [-0.1, -0.05) is 13.8 Å². The maximum Gasteiger partial charge on any atom is 0.460 e. The minimum atomic E-state index is -6.71. The summed E-state index contributed by atoms with van der Waals surface area (Å²) in [6, 6.07) is 0. The van der Waals surface area contributed by atoms with E-state index in [0.717, 1.165) is 0 Å². The van der Waals surface area contributed by atoms with Crippen LogP contribution in [0.25, 0.3) is 0 Å².